The predicted octanol–water partition coefficient (Wildman–Crippen LogP) is 4.13. The molecule has 0 saturated carbocycles. The fraction of sp³-hybridized carbons (Fsp3) is 0.583. The third-order valence-electron chi connectivity index (χ3n) is 6.89. The van der Waals surface area contributed by atoms with Crippen molar-refractivity contribution in [2.75, 3.05) is 13.1 Å². The van der Waals surface area contributed by atoms with Gasteiger partial charge < -0.3 is 9.80 Å². The van der Waals surface area contributed by atoms with Gasteiger partial charge in [-0.1, -0.05) is 55.3 Å². The second-order valence-electron chi connectivity index (χ2n) is 8.61. The van der Waals surface area contributed by atoms with Crippen LogP contribution < -0.4 is 0 Å². The summed E-state index contributed by atoms with van der Waals surface area (Å²) in [5, 5.41) is 0. The summed E-state index contributed by atoms with van der Waals surface area (Å²) in [7, 11) is 0. The molecule has 2 amide bonds. The molecule has 0 aromatic heterocycles. The number of carbonyl (C=O) groups excluding carboxylic acids is 2. The maximum absolute atomic E-state index is 13.5. The normalized spacial score (nSPS) is 30.5. The summed E-state index contributed by atoms with van der Waals surface area (Å²) < 4.78 is 0. The summed E-state index contributed by atoms with van der Waals surface area (Å²) in [4.78, 5) is 30.3. The molecular formula is C24H32N2O2. The quantitative estimate of drug-likeness (QED) is 0.724. The van der Waals surface area contributed by atoms with E-state index in [0.717, 1.165) is 58.0 Å². The molecule has 4 rings (SSSR count). The molecule has 4 atom stereocenters. The van der Waals surface area contributed by atoms with E-state index in [9.17, 15) is 9.59 Å². The van der Waals surface area contributed by atoms with E-state index in [2.05, 4.69) is 46.2 Å². The molecule has 1 aromatic carbocycles. The average Bonchev–Trinajstić information content (AvgIpc) is 3.06. The topological polar surface area (TPSA) is 40.6 Å². The van der Waals surface area contributed by atoms with Gasteiger partial charge in [-0.15, -0.1) is 0 Å². The van der Waals surface area contributed by atoms with Crippen molar-refractivity contribution in [1.29, 1.82) is 0 Å². The van der Waals surface area contributed by atoms with Gasteiger partial charge in [-0.3, -0.25) is 9.59 Å². The van der Waals surface area contributed by atoms with Crippen LogP contribution in [0.25, 0.3) is 0 Å². The van der Waals surface area contributed by atoms with Gasteiger partial charge in [0.25, 0.3) is 0 Å². The zero-order valence-corrected chi connectivity index (χ0v) is 16.9. The average molecular weight is 381 g/mol. The molecule has 1 aliphatic carbocycles. The highest BCUT2D eigenvalue weighted by molar-refractivity contribution is 5.81. The highest BCUT2D eigenvalue weighted by Crippen LogP contribution is 2.40. The lowest BCUT2D eigenvalue weighted by atomic mass is 9.86. The number of likely N-dealkylation sites (tertiary alicyclic amines) is 2. The predicted molar refractivity (Wildman–Crippen MR) is 111 cm³/mol. The van der Waals surface area contributed by atoms with Gasteiger partial charge >= 0.3 is 0 Å². The molecule has 1 aromatic rings. The van der Waals surface area contributed by atoms with Crippen molar-refractivity contribution in [2.45, 2.75) is 69.9 Å². The Hall–Kier alpha value is -2.10. The van der Waals surface area contributed by atoms with Gasteiger partial charge in [0.05, 0.1) is 12.1 Å². The van der Waals surface area contributed by atoms with Gasteiger partial charge in [0.1, 0.15) is 0 Å². The molecule has 2 saturated heterocycles. The molecular weight excluding hydrogens is 348 g/mol. The number of hydrogen-bond donors (Lipinski definition) is 0. The summed E-state index contributed by atoms with van der Waals surface area (Å²) in [5.41, 5.74) is 1.25. The van der Waals surface area contributed by atoms with Crippen molar-refractivity contribution in [1.82, 2.24) is 9.80 Å². The molecule has 2 fully saturated rings. The van der Waals surface area contributed by atoms with Crippen molar-refractivity contribution in [3.63, 3.8) is 0 Å². The molecule has 0 spiro atoms. The molecule has 2 aliphatic heterocycles. The minimum atomic E-state index is 0.100. The molecule has 0 bridgehead atoms. The molecule has 150 valence electrons. The lowest BCUT2D eigenvalue weighted by molar-refractivity contribution is -0.139. The first-order valence-electron chi connectivity index (χ1n) is 10.9. The van der Waals surface area contributed by atoms with Crippen molar-refractivity contribution >= 4 is 11.8 Å². The molecule has 2 heterocycles. The van der Waals surface area contributed by atoms with E-state index in [4.69, 9.17) is 0 Å². The smallest absolute Gasteiger partial charge is 0.226 e. The number of allylic oxidation sites excluding steroid dienone is 2. The third-order valence-corrected chi connectivity index (χ3v) is 6.89. The van der Waals surface area contributed by atoms with Crippen LogP contribution in [-0.4, -0.2) is 46.8 Å². The summed E-state index contributed by atoms with van der Waals surface area (Å²) >= 11 is 0. The lowest BCUT2D eigenvalue weighted by Gasteiger charge is -2.39. The Balaban J connectivity index is 1.69. The van der Waals surface area contributed by atoms with E-state index in [-0.39, 0.29) is 29.8 Å². The highest BCUT2D eigenvalue weighted by Gasteiger charge is 2.48. The van der Waals surface area contributed by atoms with Gasteiger partial charge in [0.15, 0.2) is 0 Å². The van der Waals surface area contributed by atoms with Crippen LogP contribution in [0.4, 0.5) is 0 Å². The second kappa shape index (κ2) is 8.50. The molecule has 0 radical (unpaired) electrons. The van der Waals surface area contributed by atoms with Crippen molar-refractivity contribution in [3.8, 4) is 0 Å². The van der Waals surface area contributed by atoms with Gasteiger partial charge in [-0.05, 0) is 37.7 Å². The third kappa shape index (κ3) is 3.74. The summed E-state index contributed by atoms with van der Waals surface area (Å²) in [6.07, 6.45) is 11.5. The van der Waals surface area contributed by atoms with Crippen molar-refractivity contribution in [2.24, 2.45) is 5.92 Å². The molecule has 4 nitrogen and oxygen atoms in total. The highest BCUT2D eigenvalue weighted by atomic mass is 16.2. The van der Waals surface area contributed by atoms with Crippen LogP contribution >= 0.6 is 0 Å². The minimum Gasteiger partial charge on any atom is -0.337 e. The van der Waals surface area contributed by atoms with Gasteiger partial charge in [0.2, 0.25) is 11.8 Å². The number of amides is 2. The van der Waals surface area contributed by atoms with Gasteiger partial charge in [-0.25, -0.2) is 0 Å². The van der Waals surface area contributed by atoms with E-state index >= 15 is 0 Å². The van der Waals surface area contributed by atoms with E-state index in [1.807, 2.05) is 6.07 Å². The summed E-state index contributed by atoms with van der Waals surface area (Å²) in [6.45, 7) is 3.24. The molecule has 28 heavy (non-hydrogen) atoms. The fourth-order valence-corrected chi connectivity index (χ4v) is 5.50. The van der Waals surface area contributed by atoms with E-state index in [1.54, 1.807) is 6.92 Å². The Morgan fingerprint density at radius 2 is 1.79 bits per heavy atom. The van der Waals surface area contributed by atoms with Crippen LogP contribution in [0, 0.1) is 5.92 Å². The van der Waals surface area contributed by atoms with Crippen LogP contribution in [0.15, 0.2) is 42.5 Å². The number of benzene rings is 1. The monoisotopic (exact) mass is 380 g/mol. The first-order valence-corrected chi connectivity index (χ1v) is 10.9. The largest absolute Gasteiger partial charge is 0.337 e. The maximum atomic E-state index is 13.5. The Bertz CT molecular complexity index is 729. The standard InChI is InChI=1S/C24H32N2O2/c1-18(27)25-16-10-4-9-15-22-23(25)21(19-11-5-2-6-12-19)17-26(22)24(28)20-13-7-3-8-14-20/h2-3,5-7,11-12,20-23H,4,8-10,13-17H2,1H3/t20-,21-,22+,23-/m0/s1. The van der Waals surface area contributed by atoms with Crippen LogP contribution in [0.3, 0.4) is 0 Å². The SMILES string of the molecule is CC(=O)N1CCCCC[C@@H]2[C@@H]1[C@H](c1ccccc1)CN2C(=O)[C@H]1CC=CCC1. The molecule has 4 heteroatoms. The number of nitrogens with zero attached hydrogens (tertiary/aromatic N) is 2. The number of rotatable bonds is 2. The van der Waals surface area contributed by atoms with Crippen LogP contribution in [-0.2, 0) is 9.59 Å². The van der Waals surface area contributed by atoms with Gasteiger partial charge in [0, 0.05) is 31.8 Å². The van der Waals surface area contributed by atoms with E-state index in [1.165, 1.54) is 5.56 Å². The Morgan fingerprint density at radius 3 is 2.50 bits per heavy atom. The fourth-order valence-electron chi connectivity index (χ4n) is 5.50. The van der Waals surface area contributed by atoms with Crippen molar-refractivity contribution < 1.29 is 9.59 Å². The van der Waals surface area contributed by atoms with Gasteiger partial charge in [-0.2, -0.15) is 0 Å². The Morgan fingerprint density at radius 1 is 0.964 bits per heavy atom. The molecule has 0 unspecified atom stereocenters. The summed E-state index contributed by atoms with van der Waals surface area (Å²) in [5.74, 6) is 0.766. The maximum Gasteiger partial charge on any atom is 0.226 e. The summed E-state index contributed by atoms with van der Waals surface area (Å²) in [6, 6.07) is 10.8. The van der Waals surface area contributed by atoms with Crippen LogP contribution in [0.5, 0.6) is 0 Å². The number of hydrogen-bond acceptors (Lipinski definition) is 2. The number of fused-ring (bicyclic) bond motifs is 1. The Labute approximate surface area is 168 Å². The van der Waals surface area contributed by atoms with E-state index in [0.29, 0.717) is 5.91 Å². The minimum absolute atomic E-state index is 0.100. The van der Waals surface area contributed by atoms with Crippen molar-refractivity contribution in [3.05, 3.63) is 48.0 Å². The zero-order chi connectivity index (χ0) is 19.5. The second-order valence-corrected chi connectivity index (χ2v) is 8.61. The molecule has 3 aliphatic rings. The van der Waals surface area contributed by atoms with Crippen LogP contribution in [0.2, 0.25) is 0 Å². The zero-order valence-electron chi connectivity index (χ0n) is 16.9. The first kappa shape index (κ1) is 19.2. The first-order chi connectivity index (χ1) is 13.7. The van der Waals surface area contributed by atoms with E-state index < -0.39 is 0 Å². The lowest BCUT2D eigenvalue weighted by Crippen LogP contribution is -2.51. The molecule has 0 N–H and O–H groups in total. The van der Waals surface area contributed by atoms with Crippen LogP contribution in [0.1, 0.15) is 63.4 Å². The Kier molecular flexibility index (Phi) is 5.84. The number of carbonyl (C=O) groups is 2.